The van der Waals surface area contributed by atoms with Crippen LogP contribution in [0.1, 0.15) is 28.4 Å². The second-order valence-corrected chi connectivity index (χ2v) is 4.20. The molecule has 2 aromatic rings. The molecule has 3 heteroatoms. The topological polar surface area (TPSA) is 59.1 Å². The number of nitrogens with zero attached hydrogens (tertiary/aromatic N) is 1. The maximum Gasteiger partial charge on any atom is 0.108 e. The highest BCUT2D eigenvalue weighted by Gasteiger charge is 2.16. The molecule has 1 aromatic carbocycles. The summed E-state index contributed by atoms with van der Waals surface area (Å²) in [6, 6.07) is 7.58. The smallest absolute Gasteiger partial charge is 0.108 e. The quantitative estimate of drug-likeness (QED) is 0.829. The molecule has 0 saturated carbocycles. The molecule has 0 aliphatic heterocycles. The lowest BCUT2D eigenvalue weighted by Gasteiger charge is -2.16. The van der Waals surface area contributed by atoms with Crippen molar-refractivity contribution in [3.05, 3.63) is 58.9 Å². The van der Waals surface area contributed by atoms with Crippen molar-refractivity contribution in [1.29, 1.82) is 0 Å². The van der Waals surface area contributed by atoms with Gasteiger partial charge in [0.2, 0.25) is 0 Å². The number of pyridine rings is 1. The Morgan fingerprint density at radius 3 is 2.65 bits per heavy atom. The van der Waals surface area contributed by atoms with Gasteiger partial charge in [-0.25, -0.2) is 0 Å². The van der Waals surface area contributed by atoms with Crippen LogP contribution < -0.4 is 5.73 Å². The van der Waals surface area contributed by atoms with E-state index in [4.69, 9.17) is 5.73 Å². The molecule has 0 amide bonds. The van der Waals surface area contributed by atoms with Crippen molar-refractivity contribution < 1.29 is 5.11 Å². The molecule has 3 N–H and O–H groups in total. The van der Waals surface area contributed by atoms with E-state index in [1.165, 1.54) is 0 Å². The van der Waals surface area contributed by atoms with E-state index in [-0.39, 0.29) is 0 Å². The molecule has 0 aliphatic rings. The van der Waals surface area contributed by atoms with Crippen molar-refractivity contribution in [3.63, 3.8) is 0 Å². The Bertz CT molecular complexity index is 537. The van der Waals surface area contributed by atoms with Crippen molar-refractivity contribution in [1.82, 2.24) is 4.98 Å². The maximum atomic E-state index is 10.4. The van der Waals surface area contributed by atoms with E-state index in [2.05, 4.69) is 4.98 Å². The zero-order chi connectivity index (χ0) is 12.4. The molecule has 1 heterocycles. The molecule has 0 fully saturated rings. The molecule has 0 bridgehead atoms. The lowest BCUT2D eigenvalue weighted by Crippen LogP contribution is -2.06. The van der Waals surface area contributed by atoms with E-state index < -0.39 is 6.10 Å². The first-order valence-electron chi connectivity index (χ1n) is 5.55. The van der Waals surface area contributed by atoms with Gasteiger partial charge < -0.3 is 10.8 Å². The molecule has 1 unspecified atom stereocenters. The Morgan fingerprint density at radius 1 is 1.18 bits per heavy atom. The Kier molecular flexibility index (Phi) is 3.11. The van der Waals surface area contributed by atoms with Gasteiger partial charge in [-0.15, -0.1) is 0 Å². The molecule has 17 heavy (non-hydrogen) atoms. The summed E-state index contributed by atoms with van der Waals surface area (Å²) < 4.78 is 0. The number of rotatable bonds is 2. The van der Waals surface area contributed by atoms with Gasteiger partial charge >= 0.3 is 0 Å². The average molecular weight is 228 g/mol. The molecule has 3 nitrogen and oxygen atoms in total. The summed E-state index contributed by atoms with van der Waals surface area (Å²) in [4.78, 5) is 4.00. The highest BCUT2D eigenvalue weighted by molar-refractivity contribution is 5.50. The molecule has 1 atom stereocenters. The molecule has 0 saturated heterocycles. The molecular weight excluding hydrogens is 212 g/mol. The first-order chi connectivity index (χ1) is 8.11. The van der Waals surface area contributed by atoms with Crippen molar-refractivity contribution in [2.75, 3.05) is 5.73 Å². The van der Waals surface area contributed by atoms with Gasteiger partial charge in [0, 0.05) is 23.6 Å². The van der Waals surface area contributed by atoms with Crippen molar-refractivity contribution in [3.8, 4) is 0 Å². The Labute approximate surface area is 101 Å². The normalized spacial score (nSPS) is 12.4. The van der Waals surface area contributed by atoms with Gasteiger partial charge in [-0.1, -0.05) is 18.2 Å². The second kappa shape index (κ2) is 4.55. The zero-order valence-corrected chi connectivity index (χ0v) is 10.0. The first kappa shape index (κ1) is 11.6. The summed E-state index contributed by atoms with van der Waals surface area (Å²) in [5.41, 5.74) is 10.2. The summed E-state index contributed by atoms with van der Waals surface area (Å²) in [5.74, 6) is 0. The molecule has 2 rings (SSSR count). The summed E-state index contributed by atoms with van der Waals surface area (Å²) in [6.07, 6.45) is 2.51. The number of anilines is 1. The van der Waals surface area contributed by atoms with Crippen LogP contribution in [-0.4, -0.2) is 10.1 Å². The minimum Gasteiger partial charge on any atom is -0.398 e. The number of hydrogen-bond donors (Lipinski definition) is 2. The van der Waals surface area contributed by atoms with E-state index in [0.717, 1.165) is 16.7 Å². The molecule has 1 aromatic heterocycles. The lowest BCUT2D eigenvalue weighted by atomic mass is 9.95. The van der Waals surface area contributed by atoms with Crippen molar-refractivity contribution in [2.45, 2.75) is 20.0 Å². The van der Waals surface area contributed by atoms with Gasteiger partial charge in [-0.3, -0.25) is 4.98 Å². The number of benzene rings is 1. The maximum absolute atomic E-state index is 10.4. The highest BCUT2D eigenvalue weighted by atomic mass is 16.3. The number of aliphatic hydroxyl groups excluding tert-OH is 1. The Hall–Kier alpha value is -1.87. The fraction of sp³-hybridized carbons (Fsp3) is 0.214. The van der Waals surface area contributed by atoms with Crippen LogP contribution >= 0.6 is 0 Å². The minimum absolute atomic E-state index is 0.563. The Balaban J connectivity index is 2.48. The third-order valence-electron chi connectivity index (χ3n) is 3.12. The molecule has 0 spiro atoms. The molecule has 0 aliphatic carbocycles. The molecule has 88 valence electrons. The van der Waals surface area contributed by atoms with E-state index in [1.54, 1.807) is 18.5 Å². The fourth-order valence-electron chi connectivity index (χ4n) is 1.88. The second-order valence-electron chi connectivity index (χ2n) is 4.20. The van der Waals surface area contributed by atoms with E-state index in [1.807, 2.05) is 32.0 Å². The predicted molar refractivity (Wildman–Crippen MR) is 68.6 cm³/mol. The Morgan fingerprint density at radius 2 is 1.94 bits per heavy atom. The van der Waals surface area contributed by atoms with E-state index >= 15 is 0 Å². The van der Waals surface area contributed by atoms with Crippen LogP contribution in [0.15, 0.2) is 36.7 Å². The zero-order valence-electron chi connectivity index (χ0n) is 10.0. The van der Waals surface area contributed by atoms with E-state index in [9.17, 15) is 5.11 Å². The van der Waals surface area contributed by atoms with Gasteiger partial charge in [-0.2, -0.15) is 0 Å². The van der Waals surface area contributed by atoms with Crippen LogP contribution in [0, 0.1) is 13.8 Å². The van der Waals surface area contributed by atoms with Gasteiger partial charge in [0.1, 0.15) is 6.10 Å². The van der Waals surface area contributed by atoms with Crippen LogP contribution in [0.25, 0.3) is 0 Å². The third-order valence-corrected chi connectivity index (χ3v) is 3.12. The van der Waals surface area contributed by atoms with Crippen molar-refractivity contribution >= 4 is 5.69 Å². The van der Waals surface area contributed by atoms with Gasteiger partial charge in [-0.05, 0) is 36.6 Å². The largest absolute Gasteiger partial charge is 0.398 e. The van der Waals surface area contributed by atoms with Crippen LogP contribution in [-0.2, 0) is 0 Å². The van der Waals surface area contributed by atoms with E-state index in [0.29, 0.717) is 11.3 Å². The lowest BCUT2D eigenvalue weighted by molar-refractivity contribution is 0.220. The number of aromatic nitrogens is 1. The molecule has 0 radical (unpaired) electrons. The number of aryl methyl sites for hydroxylation is 1. The highest BCUT2D eigenvalue weighted by Crippen LogP contribution is 2.28. The summed E-state index contributed by atoms with van der Waals surface area (Å²) in [7, 11) is 0. The standard InChI is InChI=1S/C14H16N2O/c1-9-4-3-5-11(10(9)2)14(17)12-8-16-7-6-13(12)15/h3-8,14,17H,1-2H3,(H2,15,16). The number of nitrogen functional groups attached to an aromatic ring is 1. The van der Waals surface area contributed by atoms with Crippen LogP contribution in [0.4, 0.5) is 5.69 Å². The average Bonchev–Trinajstić information content (AvgIpc) is 2.32. The summed E-state index contributed by atoms with van der Waals surface area (Å²) in [6.45, 7) is 4.03. The monoisotopic (exact) mass is 228 g/mol. The number of hydrogen-bond acceptors (Lipinski definition) is 3. The number of aliphatic hydroxyl groups is 1. The summed E-state index contributed by atoms with van der Waals surface area (Å²) >= 11 is 0. The minimum atomic E-state index is -0.719. The first-order valence-corrected chi connectivity index (χ1v) is 5.55. The van der Waals surface area contributed by atoms with Crippen LogP contribution in [0.5, 0.6) is 0 Å². The number of nitrogens with two attached hydrogens (primary N) is 1. The van der Waals surface area contributed by atoms with Gasteiger partial charge in [0.05, 0.1) is 0 Å². The van der Waals surface area contributed by atoms with Gasteiger partial charge in [0.25, 0.3) is 0 Å². The molecular formula is C14H16N2O. The summed E-state index contributed by atoms with van der Waals surface area (Å²) in [5, 5.41) is 10.4. The van der Waals surface area contributed by atoms with Crippen LogP contribution in [0.2, 0.25) is 0 Å². The SMILES string of the molecule is Cc1cccc(C(O)c2cnccc2N)c1C. The van der Waals surface area contributed by atoms with Crippen molar-refractivity contribution in [2.24, 2.45) is 0 Å². The van der Waals surface area contributed by atoms with Crippen LogP contribution in [0.3, 0.4) is 0 Å². The predicted octanol–water partition coefficient (Wildman–Crippen LogP) is 2.36. The fourth-order valence-corrected chi connectivity index (χ4v) is 1.88. The third kappa shape index (κ3) is 2.15. The van der Waals surface area contributed by atoms with Gasteiger partial charge in [0.15, 0.2) is 0 Å².